The number of rotatable bonds is 5. The van der Waals surface area contributed by atoms with Crippen LogP contribution in [-0.2, 0) is 9.53 Å². The van der Waals surface area contributed by atoms with Crippen LogP contribution in [-0.4, -0.2) is 55.2 Å². The summed E-state index contributed by atoms with van der Waals surface area (Å²) in [7, 11) is 1.73. The molecule has 2 N–H and O–H groups in total. The number of hydrogen-bond donors (Lipinski definition) is 1. The summed E-state index contributed by atoms with van der Waals surface area (Å²) in [6.45, 7) is 3.30. The molecule has 1 heterocycles. The molecule has 0 saturated carbocycles. The predicted molar refractivity (Wildman–Crippen MR) is 79.4 cm³/mol. The standard InChI is InChI=1S/C12H24N2O2S.ClH/c1-9(8-17-3)12(15)14-5-4-11(16-2)6-10(14)7-13;/h9-11H,4-8,13H2,1-3H3;1H. The van der Waals surface area contributed by atoms with Gasteiger partial charge < -0.3 is 15.4 Å². The topological polar surface area (TPSA) is 55.6 Å². The van der Waals surface area contributed by atoms with Gasteiger partial charge in [0.2, 0.25) is 5.91 Å². The molecular formula is C12H25ClN2O2S. The van der Waals surface area contributed by atoms with Gasteiger partial charge in [-0.15, -0.1) is 12.4 Å². The summed E-state index contributed by atoms with van der Waals surface area (Å²) in [6.07, 6.45) is 4.07. The van der Waals surface area contributed by atoms with E-state index in [2.05, 4.69) is 0 Å². The zero-order valence-electron chi connectivity index (χ0n) is 11.4. The fraction of sp³-hybridized carbons (Fsp3) is 0.917. The number of likely N-dealkylation sites (tertiary alicyclic amines) is 1. The summed E-state index contributed by atoms with van der Waals surface area (Å²) in [5.74, 6) is 1.20. The van der Waals surface area contributed by atoms with Crippen LogP contribution >= 0.6 is 24.2 Å². The number of piperidine rings is 1. The van der Waals surface area contributed by atoms with Crippen LogP contribution < -0.4 is 5.73 Å². The van der Waals surface area contributed by atoms with Crippen LogP contribution in [0.25, 0.3) is 0 Å². The molecule has 108 valence electrons. The predicted octanol–water partition coefficient (Wildman–Crippen LogP) is 1.37. The highest BCUT2D eigenvalue weighted by molar-refractivity contribution is 7.98. The van der Waals surface area contributed by atoms with Gasteiger partial charge in [-0.3, -0.25) is 4.79 Å². The maximum atomic E-state index is 12.3. The van der Waals surface area contributed by atoms with E-state index in [1.807, 2.05) is 18.1 Å². The summed E-state index contributed by atoms with van der Waals surface area (Å²) in [4.78, 5) is 14.2. The van der Waals surface area contributed by atoms with Crippen molar-refractivity contribution >= 4 is 30.1 Å². The Kier molecular flexibility index (Phi) is 9.03. The van der Waals surface area contributed by atoms with Crippen molar-refractivity contribution in [2.75, 3.05) is 32.2 Å². The Morgan fingerprint density at radius 2 is 2.28 bits per heavy atom. The molecule has 1 saturated heterocycles. The highest BCUT2D eigenvalue weighted by Crippen LogP contribution is 2.21. The molecule has 0 aromatic carbocycles. The van der Waals surface area contributed by atoms with Crippen molar-refractivity contribution < 1.29 is 9.53 Å². The molecule has 1 aliphatic rings. The Morgan fingerprint density at radius 3 is 2.78 bits per heavy atom. The van der Waals surface area contributed by atoms with Crippen molar-refractivity contribution in [2.24, 2.45) is 11.7 Å². The van der Waals surface area contributed by atoms with Crippen molar-refractivity contribution in [3.05, 3.63) is 0 Å². The first-order valence-electron chi connectivity index (χ1n) is 6.16. The first kappa shape index (κ1) is 18.0. The lowest BCUT2D eigenvalue weighted by Crippen LogP contribution is -2.52. The summed E-state index contributed by atoms with van der Waals surface area (Å²) in [5, 5.41) is 0. The van der Waals surface area contributed by atoms with Gasteiger partial charge in [0, 0.05) is 37.9 Å². The maximum absolute atomic E-state index is 12.3. The van der Waals surface area contributed by atoms with Crippen LogP contribution in [0.1, 0.15) is 19.8 Å². The molecule has 0 aliphatic carbocycles. The lowest BCUT2D eigenvalue weighted by atomic mass is 9.97. The molecule has 0 aromatic rings. The molecule has 1 aliphatic heterocycles. The van der Waals surface area contributed by atoms with Crippen LogP contribution in [0.4, 0.5) is 0 Å². The quantitative estimate of drug-likeness (QED) is 0.832. The molecule has 18 heavy (non-hydrogen) atoms. The summed E-state index contributed by atoms with van der Waals surface area (Å²) < 4.78 is 5.36. The second-order valence-corrected chi connectivity index (χ2v) is 5.57. The van der Waals surface area contributed by atoms with E-state index in [1.54, 1.807) is 18.9 Å². The molecule has 1 fully saturated rings. The van der Waals surface area contributed by atoms with E-state index in [0.717, 1.165) is 25.1 Å². The van der Waals surface area contributed by atoms with Crippen LogP contribution in [0.15, 0.2) is 0 Å². The lowest BCUT2D eigenvalue weighted by Gasteiger charge is -2.39. The number of halogens is 1. The maximum Gasteiger partial charge on any atom is 0.226 e. The van der Waals surface area contributed by atoms with E-state index in [4.69, 9.17) is 10.5 Å². The number of hydrogen-bond acceptors (Lipinski definition) is 4. The third-order valence-corrected chi connectivity index (χ3v) is 4.23. The molecule has 3 atom stereocenters. The van der Waals surface area contributed by atoms with Crippen molar-refractivity contribution in [3.8, 4) is 0 Å². The highest BCUT2D eigenvalue weighted by Gasteiger charge is 2.32. The third-order valence-electron chi connectivity index (χ3n) is 3.39. The molecular weight excluding hydrogens is 272 g/mol. The average molecular weight is 297 g/mol. The van der Waals surface area contributed by atoms with Crippen LogP contribution in [0.5, 0.6) is 0 Å². The smallest absolute Gasteiger partial charge is 0.226 e. The van der Waals surface area contributed by atoms with Crippen LogP contribution in [0.3, 0.4) is 0 Å². The number of nitrogens with two attached hydrogens (primary N) is 1. The first-order chi connectivity index (χ1) is 8.13. The highest BCUT2D eigenvalue weighted by atomic mass is 35.5. The normalized spacial score (nSPS) is 25.4. The zero-order chi connectivity index (χ0) is 12.8. The number of ether oxygens (including phenoxy) is 1. The molecule has 1 amide bonds. The second-order valence-electron chi connectivity index (χ2n) is 4.66. The molecule has 1 rings (SSSR count). The number of nitrogens with zero attached hydrogens (tertiary/aromatic N) is 1. The average Bonchev–Trinajstić information content (AvgIpc) is 2.37. The summed E-state index contributed by atoms with van der Waals surface area (Å²) >= 11 is 1.71. The van der Waals surface area contributed by atoms with Gasteiger partial charge in [0.05, 0.1) is 6.10 Å². The Hall–Kier alpha value is 0.0300. The number of carbonyl (C=O) groups excluding carboxylic acids is 1. The van der Waals surface area contributed by atoms with E-state index >= 15 is 0 Å². The minimum absolute atomic E-state index is 0. The lowest BCUT2D eigenvalue weighted by molar-refractivity contribution is -0.139. The number of thioether (sulfide) groups is 1. The van der Waals surface area contributed by atoms with Gasteiger partial charge in [0.15, 0.2) is 0 Å². The van der Waals surface area contributed by atoms with E-state index < -0.39 is 0 Å². The van der Waals surface area contributed by atoms with Crippen molar-refractivity contribution in [2.45, 2.75) is 31.9 Å². The zero-order valence-corrected chi connectivity index (χ0v) is 13.1. The van der Waals surface area contributed by atoms with Crippen LogP contribution in [0, 0.1) is 5.92 Å². The van der Waals surface area contributed by atoms with Gasteiger partial charge in [0.25, 0.3) is 0 Å². The van der Waals surface area contributed by atoms with E-state index in [9.17, 15) is 4.79 Å². The van der Waals surface area contributed by atoms with Gasteiger partial charge in [-0.2, -0.15) is 11.8 Å². The first-order valence-corrected chi connectivity index (χ1v) is 7.55. The Bertz CT molecular complexity index is 256. The number of carbonyl (C=O) groups is 1. The molecule has 0 radical (unpaired) electrons. The Morgan fingerprint density at radius 1 is 1.61 bits per heavy atom. The largest absolute Gasteiger partial charge is 0.381 e. The third kappa shape index (κ3) is 4.61. The minimum Gasteiger partial charge on any atom is -0.381 e. The van der Waals surface area contributed by atoms with Gasteiger partial charge in [0.1, 0.15) is 0 Å². The molecule has 0 aromatic heterocycles. The molecule has 3 unspecified atom stereocenters. The molecule has 0 spiro atoms. The second kappa shape index (κ2) is 9.02. The fourth-order valence-electron chi connectivity index (χ4n) is 2.35. The Balaban J connectivity index is 0.00000289. The van der Waals surface area contributed by atoms with Crippen molar-refractivity contribution in [1.29, 1.82) is 0 Å². The minimum atomic E-state index is 0. The van der Waals surface area contributed by atoms with Gasteiger partial charge in [-0.05, 0) is 19.1 Å². The van der Waals surface area contributed by atoms with E-state index in [-0.39, 0.29) is 36.4 Å². The monoisotopic (exact) mass is 296 g/mol. The number of amides is 1. The number of methoxy groups -OCH3 is 1. The van der Waals surface area contributed by atoms with E-state index in [0.29, 0.717) is 6.54 Å². The molecule has 0 bridgehead atoms. The van der Waals surface area contributed by atoms with Crippen molar-refractivity contribution in [1.82, 2.24) is 4.90 Å². The Labute approximate surface area is 120 Å². The van der Waals surface area contributed by atoms with Crippen LogP contribution in [0.2, 0.25) is 0 Å². The fourth-order valence-corrected chi connectivity index (χ4v) is 2.99. The SMILES string of the molecule is COC1CCN(C(=O)C(C)CSC)C(CN)C1.Cl. The van der Waals surface area contributed by atoms with Gasteiger partial charge >= 0.3 is 0 Å². The van der Waals surface area contributed by atoms with Crippen molar-refractivity contribution in [3.63, 3.8) is 0 Å². The molecule has 6 heteroatoms. The van der Waals surface area contributed by atoms with Gasteiger partial charge in [-0.25, -0.2) is 0 Å². The summed E-state index contributed by atoms with van der Waals surface area (Å²) in [5.41, 5.74) is 5.77. The molecule has 4 nitrogen and oxygen atoms in total. The van der Waals surface area contributed by atoms with E-state index in [1.165, 1.54) is 0 Å². The van der Waals surface area contributed by atoms with Gasteiger partial charge in [-0.1, -0.05) is 6.92 Å². The summed E-state index contributed by atoms with van der Waals surface area (Å²) in [6, 6.07) is 0.144.